The van der Waals surface area contributed by atoms with Gasteiger partial charge in [0.05, 0.1) is 28.9 Å². The first-order chi connectivity index (χ1) is 17.8. The van der Waals surface area contributed by atoms with Crippen molar-refractivity contribution in [1.29, 1.82) is 0 Å². The summed E-state index contributed by atoms with van der Waals surface area (Å²) in [6.07, 6.45) is 3.42. The fraction of sp³-hybridized carbons (Fsp3) is 0.400. The number of anilines is 1. The summed E-state index contributed by atoms with van der Waals surface area (Å²) >= 11 is 0. The molecule has 0 radical (unpaired) electrons. The smallest absolute Gasteiger partial charge is 0.241 e. The van der Waals surface area contributed by atoms with E-state index < -0.39 is 29.1 Å². The minimum atomic E-state index is -1.14. The standard InChI is InChI=1S/C30H30N2O5/c1-3-15-31-26(34)20-14-13-18-21(24(20)28(31)36)16-22-27(35)32(17-9-5-4-6-10-17)29(37)30(22,2)25(18)19-11-7-8-12-23(19)33/h4-13,20-22,24-25,33H,3,14-16H2,1-2H3/t20-,21+,22-,24-,25+,30+/m0/s1. The highest BCUT2D eigenvalue weighted by atomic mass is 16.3. The van der Waals surface area contributed by atoms with Gasteiger partial charge >= 0.3 is 0 Å². The maximum absolute atomic E-state index is 14.2. The van der Waals surface area contributed by atoms with Crippen LogP contribution in [0, 0.1) is 29.1 Å². The van der Waals surface area contributed by atoms with Gasteiger partial charge in [-0.1, -0.05) is 55.0 Å². The van der Waals surface area contributed by atoms with Crippen molar-refractivity contribution in [3.05, 3.63) is 71.8 Å². The van der Waals surface area contributed by atoms with Crippen molar-refractivity contribution >= 4 is 29.3 Å². The molecule has 4 amide bonds. The van der Waals surface area contributed by atoms with E-state index in [-0.39, 0.29) is 35.3 Å². The predicted molar refractivity (Wildman–Crippen MR) is 136 cm³/mol. The molecule has 0 spiro atoms. The molecule has 1 saturated carbocycles. The van der Waals surface area contributed by atoms with Crippen molar-refractivity contribution in [2.75, 3.05) is 11.4 Å². The molecule has 0 aromatic heterocycles. The summed E-state index contributed by atoms with van der Waals surface area (Å²) in [6.45, 7) is 4.15. The number of allylic oxidation sites excluding steroid dienone is 2. The molecule has 0 bridgehead atoms. The van der Waals surface area contributed by atoms with Crippen LogP contribution >= 0.6 is 0 Å². The van der Waals surface area contributed by atoms with Gasteiger partial charge in [-0.3, -0.25) is 24.1 Å². The third-order valence-electron chi connectivity index (χ3n) is 9.08. The molecule has 6 rings (SSSR count). The summed E-state index contributed by atoms with van der Waals surface area (Å²) in [5.74, 6) is -3.48. The molecule has 3 fully saturated rings. The number of nitrogens with zero attached hydrogens (tertiary/aromatic N) is 2. The molecule has 37 heavy (non-hydrogen) atoms. The van der Waals surface area contributed by atoms with Gasteiger partial charge in [-0.05, 0) is 50.3 Å². The molecule has 2 heterocycles. The monoisotopic (exact) mass is 498 g/mol. The molecule has 4 aliphatic rings. The number of carbonyl (C=O) groups excluding carboxylic acids is 4. The number of fused-ring (bicyclic) bond motifs is 4. The first-order valence-corrected chi connectivity index (χ1v) is 13.1. The Morgan fingerprint density at radius 1 is 0.919 bits per heavy atom. The second-order valence-corrected chi connectivity index (χ2v) is 10.9. The van der Waals surface area contributed by atoms with Crippen molar-refractivity contribution in [2.45, 2.75) is 39.0 Å². The van der Waals surface area contributed by atoms with Crippen molar-refractivity contribution in [1.82, 2.24) is 4.90 Å². The molecule has 7 heteroatoms. The minimum Gasteiger partial charge on any atom is -0.508 e. The summed E-state index contributed by atoms with van der Waals surface area (Å²) in [5, 5.41) is 10.9. The number of phenolic OH excluding ortho intramolecular Hbond substituents is 1. The Kier molecular flexibility index (Phi) is 5.37. The van der Waals surface area contributed by atoms with Gasteiger partial charge in [-0.25, -0.2) is 4.90 Å². The van der Waals surface area contributed by atoms with E-state index in [4.69, 9.17) is 0 Å². The Morgan fingerprint density at radius 3 is 2.32 bits per heavy atom. The van der Waals surface area contributed by atoms with E-state index in [0.717, 1.165) is 5.57 Å². The number of benzene rings is 2. The van der Waals surface area contributed by atoms with Gasteiger partial charge in [0, 0.05) is 18.0 Å². The zero-order valence-corrected chi connectivity index (χ0v) is 21.0. The molecule has 6 atom stereocenters. The minimum absolute atomic E-state index is 0.0518. The molecular formula is C30H30N2O5. The lowest BCUT2D eigenvalue weighted by atomic mass is 9.51. The summed E-state index contributed by atoms with van der Waals surface area (Å²) in [7, 11) is 0. The van der Waals surface area contributed by atoms with Gasteiger partial charge in [0.2, 0.25) is 23.6 Å². The summed E-state index contributed by atoms with van der Waals surface area (Å²) < 4.78 is 0. The summed E-state index contributed by atoms with van der Waals surface area (Å²) in [4.78, 5) is 57.6. The maximum Gasteiger partial charge on any atom is 0.241 e. The van der Waals surface area contributed by atoms with E-state index in [1.807, 2.05) is 32.1 Å². The van der Waals surface area contributed by atoms with E-state index in [0.29, 0.717) is 37.1 Å². The lowest BCUT2D eigenvalue weighted by Gasteiger charge is -2.49. The van der Waals surface area contributed by atoms with Crippen molar-refractivity contribution in [3.63, 3.8) is 0 Å². The SMILES string of the molecule is CCCN1C(=O)[C@H]2[C@H](CC=C3[C@H]2C[C@H]2C(=O)N(c4ccccc4)C(=O)[C@@]2(C)[C@H]3c2ccccc2O)C1=O. The van der Waals surface area contributed by atoms with E-state index in [1.54, 1.807) is 42.5 Å². The lowest BCUT2D eigenvalue weighted by Crippen LogP contribution is -2.48. The van der Waals surface area contributed by atoms with Crippen LogP contribution in [0.1, 0.15) is 44.6 Å². The molecular weight excluding hydrogens is 468 g/mol. The number of para-hydroxylation sites is 2. The van der Waals surface area contributed by atoms with Crippen LogP contribution in [0.4, 0.5) is 5.69 Å². The largest absolute Gasteiger partial charge is 0.508 e. The second-order valence-electron chi connectivity index (χ2n) is 10.9. The van der Waals surface area contributed by atoms with Gasteiger partial charge in [0.25, 0.3) is 0 Å². The number of phenols is 1. The summed E-state index contributed by atoms with van der Waals surface area (Å²) in [5.41, 5.74) is 0.829. The van der Waals surface area contributed by atoms with Gasteiger partial charge in [-0.2, -0.15) is 0 Å². The lowest BCUT2D eigenvalue weighted by molar-refractivity contribution is -0.140. The van der Waals surface area contributed by atoms with Gasteiger partial charge in [0.1, 0.15) is 5.75 Å². The Hall–Kier alpha value is -3.74. The van der Waals surface area contributed by atoms with Crippen LogP contribution < -0.4 is 4.90 Å². The van der Waals surface area contributed by atoms with Crippen molar-refractivity contribution in [2.24, 2.45) is 29.1 Å². The first-order valence-electron chi connectivity index (χ1n) is 13.1. The van der Waals surface area contributed by atoms with Crippen LogP contribution in [-0.4, -0.2) is 40.2 Å². The number of hydrogen-bond acceptors (Lipinski definition) is 5. The topological polar surface area (TPSA) is 95.0 Å². The number of likely N-dealkylation sites (tertiary alicyclic amines) is 1. The van der Waals surface area contributed by atoms with Crippen molar-refractivity contribution < 1.29 is 24.3 Å². The molecule has 7 nitrogen and oxygen atoms in total. The Labute approximate surface area is 215 Å². The molecule has 2 aliphatic carbocycles. The van der Waals surface area contributed by atoms with Gasteiger partial charge in [0.15, 0.2) is 0 Å². The van der Waals surface area contributed by atoms with E-state index in [1.165, 1.54) is 9.80 Å². The number of imide groups is 2. The number of hydrogen-bond donors (Lipinski definition) is 1. The van der Waals surface area contributed by atoms with E-state index >= 15 is 0 Å². The molecule has 0 unspecified atom stereocenters. The summed E-state index contributed by atoms with van der Waals surface area (Å²) in [6, 6.07) is 15.8. The third-order valence-corrected chi connectivity index (χ3v) is 9.08. The average molecular weight is 499 g/mol. The molecule has 2 aliphatic heterocycles. The number of aromatic hydroxyl groups is 1. The van der Waals surface area contributed by atoms with Crippen LogP contribution in [0.25, 0.3) is 0 Å². The Bertz CT molecular complexity index is 1350. The van der Waals surface area contributed by atoms with Crippen molar-refractivity contribution in [3.8, 4) is 5.75 Å². The maximum atomic E-state index is 14.2. The van der Waals surface area contributed by atoms with Crippen LogP contribution in [0.2, 0.25) is 0 Å². The Morgan fingerprint density at radius 2 is 1.62 bits per heavy atom. The van der Waals surface area contributed by atoms with E-state index in [2.05, 4.69) is 0 Å². The first kappa shape index (κ1) is 23.6. The molecule has 2 saturated heterocycles. The highest BCUT2D eigenvalue weighted by Gasteiger charge is 2.67. The van der Waals surface area contributed by atoms with Gasteiger partial charge < -0.3 is 5.11 Å². The average Bonchev–Trinajstić information content (AvgIpc) is 3.25. The van der Waals surface area contributed by atoms with E-state index in [9.17, 15) is 24.3 Å². The van der Waals surface area contributed by atoms with Crippen LogP contribution in [0.15, 0.2) is 66.2 Å². The molecule has 2 aromatic rings. The fourth-order valence-corrected chi connectivity index (χ4v) is 7.42. The molecule has 190 valence electrons. The number of amides is 4. The van der Waals surface area contributed by atoms with Gasteiger partial charge in [-0.15, -0.1) is 0 Å². The fourth-order valence-electron chi connectivity index (χ4n) is 7.42. The normalized spacial score (nSPS) is 32.8. The molecule has 2 aromatic carbocycles. The van der Waals surface area contributed by atoms with Crippen LogP contribution in [-0.2, 0) is 19.2 Å². The number of carbonyl (C=O) groups is 4. The second kappa shape index (κ2) is 8.40. The molecule has 1 N–H and O–H groups in total. The highest BCUT2D eigenvalue weighted by molar-refractivity contribution is 6.24. The zero-order chi connectivity index (χ0) is 26.1. The van der Waals surface area contributed by atoms with Crippen LogP contribution in [0.3, 0.4) is 0 Å². The zero-order valence-electron chi connectivity index (χ0n) is 21.0. The third kappa shape index (κ3) is 3.12. The van der Waals surface area contributed by atoms with Crippen LogP contribution in [0.5, 0.6) is 5.75 Å². The predicted octanol–water partition coefficient (Wildman–Crippen LogP) is 4.03. The Balaban J connectivity index is 1.52. The highest BCUT2D eigenvalue weighted by Crippen LogP contribution is 2.64. The number of rotatable bonds is 4. The quantitative estimate of drug-likeness (QED) is 0.507.